The highest BCUT2D eigenvalue weighted by atomic mass is 32.2. The second-order valence-electron chi connectivity index (χ2n) is 6.55. The minimum Gasteiger partial charge on any atom is -0.351 e. The summed E-state index contributed by atoms with van der Waals surface area (Å²) in [4.78, 5) is 14.7. The van der Waals surface area contributed by atoms with Gasteiger partial charge in [0.1, 0.15) is 0 Å². The van der Waals surface area contributed by atoms with Crippen molar-refractivity contribution in [3.63, 3.8) is 0 Å². The van der Waals surface area contributed by atoms with Gasteiger partial charge in [-0.1, -0.05) is 0 Å². The Labute approximate surface area is 137 Å². The molecule has 0 unspecified atom stereocenters. The predicted molar refractivity (Wildman–Crippen MR) is 86.6 cm³/mol. The Morgan fingerprint density at radius 1 is 1.43 bits per heavy atom. The van der Waals surface area contributed by atoms with Gasteiger partial charge in [-0.2, -0.15) is 5.10 Å². The highest BCUT2D eigenvalue weighted by Gasteiger charge is 2.35. The average molecular weight is 340 g/mol. The number of rotatable bonds is 5. The van der Waals surface area contributed by atoms with Gasteiger partial charge in [0.05, 0.1) is 24.1 Å². The molecule has 0 radical (unpaired) electrons. The number of nitrogens with one attached hydrogen (secondary N) is 1. The molecule has 2 aliphatic heterocycles. The Morgan fingerprint density at radius 3 is 2.91 bits per heavy atom. The lowest BCUT2D eigenvalue weighted by Crippen LogP contribution is -2.50. The van der Waals surface area contributed by atoms with E-state index in [-0.39, 0.29) is 29.5 Å². The van der Waals surface area contributed by atoms with Crippen molar-refractivity contribution >= 4 is 15.7 Å². The van der Waals surface area contributed by atoms with Crippen LogP contribution >= 0.6 is 0 Å². The Kier molecular flexibility index (Phi) is 4.72. The standard InChI is InChI=1S/C15H24N4O3S/c1-12(15(20)17-13-5-9-23(21,22)11-13)19-8-2-4-14(19)10-18-7-3-6-16-18/h3,6-7,12-14H,2,4-5,8-11H2,1H3,(H,17,20)/t12-,13+,14+/m1/s1. The number of carbonyl (C=O) groups is 1. The fraction of sp³-hybridized carbons (Fsp3) is 0.733. The van der Waals surface area contributed by atoms with Crippen LogP contribution in [-0.4, -0.2) is 65.2 Å². The first-order chi connectivity index (χ1) is 10.9. The molecular formula is C15H24N4O3S. The van der Waals surface area contributed by atoms with Crippen LogP contribution < -0.4 is 5.32 Å². The molecule has 2 aliphatic rings. The number of likely N-dealkylation sites (tertiary alicyclic amines) is 1. The quantitative estimate of drug-likeness (QED) is 0.818. The zero-order valence-electron chi connectivity index (χ0n) is 13.4. The van der Waals surface area contributed by atoms with Crippen LogP contribution in [0.4, 0.5) is 0 Å². The van der Waals surface area contributed by atoms with Crippen molar-refractivity contribution in [3.05, 3.63) is 18.5 Å². The maximum atomic E-state index is 12.5. The van der Waals surface area contributed by atoms with Crippen molar-refractivity contribution in [1.82, 2.24) is 20.0 Å². The predicted octanol–water partition coefficient (Wildman–Crippen LogP) is 0.0393. The lowest BCUT2D eigenvalue weighted by atomic mass is 10.1. The number of nitrogens with zero attached hydrogens (tertiary/aromatic N) is 3. The van der Waals surface area contributed by atoms with Gasteiger partial charge in [-0.3, -0.25) is 14.4 Å². The van der Waals surface area contributed by atoms with Crippen molar-refractivity contribution in [2.75, 3.05) is 18.1 Å². The van der Waals surface area contributed by atoms with Crippen LogP contribution in [0.15, 0.2) is 18.5 Å². The third kappa shape index (κ3) is 3.92. The fourth-order valence-corrected chi connectivity index (χ4v) is 5.24. The van der Waals surface area contributed by atoms with E-state index in [2.05, 4.69) is 15.3 Å². The lowest BCUT2D eigenvalue weighted by molar-refractivity contribution is -0.126. The molecule has 2 saturated heterocycles. The molecule has 0 bridgehead atoms. The van der Waals surface area contributed by atoms with Gasteiger partial charge in [0, 0.05) is 24.5 Å². The molecule has 0 aromatic carbocycles. The molecule has 0 spiro atoms. The number of hydrogen-bond donors (Lipinski definition) is 1. The van der Waals surface area contributed by atoms with Gasteiger partial charge < -0.3 is 5.32 Å². The van der Waals surface area contributed by atoms with E-state index in [1.54, 1.807) is 6.20 Å². The van der Waals surface area contributed by atoms with Crippen molar-refractivity contribution in [1.29, 1.82) is 0 Å². The molecule has 3 rings (SSSR count). The normalized spacial score (nSPS) is 28.7. The summed E-state index contributed by atoms with van der Waals surface area (Å²) in [6, 6.07) is 1.71. The van der Waals surface area contributed by atoms with Crippen LogP contribution in [0.3, 0.4) is 0 Å². The van der Waals surface area contributed by atoms with E-state index < -0.39 is 9.84 Å². The van der Waals surface area contributed by atoms with E-state index in [4.69, 9.17) is 0 Å². The number of sulfone groups is 1. The SMILES string of the molecule is C[C@H](C(=O)N[C@H]1CCS(=O)(=O)C1)N1CCC[C@H]1Cn1cccn1. The molecule has 3 heterocycles. The van der Waals surface area contributed by atoms with Crippen LogP contribution in [0.25, 0.3) is 0 Å². The van der Waals surface area contributed by atoms with Gasteiger partial charge in [0.25, 0.3) is 0 Å². The summed E-state index contributed by atoms with van der Waals surface area (Å²) in [7, 11) is -2.97. The topological polar surface area (TPSA) is 84.3 Å². The first-order valence-corrected chi connectivity index (χ1v) is 10.0. The molecule has 1 amide bonds. The Bertz CT molecular complexity index is 644. The van der Waals surface area contributed by atoms with E-state index in [1.807, 2.05) is 23.9 Å². The van der Waals surface area contributed by atoms with Crippen LogP contribution in [0, 0.1) is 0 Å². The van der Waals surface area contributed by atoms with Gasteiger partial charge in [0.2, 0.25) is 5.91 Å². The van der Waals surface area contributed by atoms with Crippen molar-refractivity contribution in [2.45, 2.75) is 50.9 Å². The zero-order valence-corrected chi connectivity index (χ0v) is 14.2. The average Bonchev–Trinajstić information content (AvgIpc) is 3.21. The van der Waals surface area contributed by atoms with Gasteiger partial charge in [-0.05, 0) is 38.8 Å². The summed E-state index contributed by atoms with van der Waals surface area (Å²) in [6.07, 6.45) is 6.34. The molecular weight excluding hydrogens is 316 g/mol. The molecule has 128 valence electrons. The summed E-state index contributed by atoms with van der Waals surface area (Å²) >= 11 is 0. The Morgan fingerprint density at radius 2 is 2.26 bits per heavy atom. The number of carbonyl (C=O) groups excluding carboxylic acids is 1. The molecule has 0 saturated carbocycles. The third-order valence-electron chi connectivity index (χ3n) is 4.84. The van der Waals surface area contributed by atoms with Gasteiger partial charge in [-0.25, -0.2) is 8.42 Å². The van der Waals surface area contributed by atoms with Crippen LogP contribution in [0.1, 0.15) is 26.2 Å². The van der Waals surface area contributed by atoms with Gasteiger partial charge in [-0.15, -0.1) is 0 Å². The molecule has 2 fully saturated rings. The van der Waals surface area contributed by atoms with E-state index in [9.17, 15) is 13.2 Å². The van der Waals surface area contributed by atoms with E-state index in [0.717, 1.165) is 25.9 Å². The molecule has 8 heteroatoms. The van der Waals surface area contributed by atoms with Crippen LogP contribution in [-0.2, 0) is 21.2 Å². The molecule has 0 aliphatic carbocycles. The van der Waals surface area contributed by atoms with E-state index in [1.165, 1.54) is 0 Å². The maximum Gasteiger partial charge on any atom is 0.237 e. The molecule has 1 aromatic rings. The Balaban J connectivity index is 1.57. The molecule has 23 heavy (non-hydrogen) atoms. The second-order valence-corrected chi connectivity index (χ2v) is 8.78. The lowest BCUT2D eigenvalue weighted by Gasteiger charge is -2.30. The highest BCUT2D eigenvalue weighted by Crippen LogP contribution is 2.22. The zero-order chi connectivity index (χ0) is 16.4. The van der Waals surface area contributed by atoms with Gasteiger partial charge >= 0.3 is 0 Å². The van der Waals surface area contributed by atoms with Crippen LogP contribution in [0.2, 0.25) is 0 Å². The number of aromatic nitrogens is 2. The number of amides is 1. The molecule has 1 aromatic heterocycles. The van der Waals surface area contributed by atoms with Crippen LogP contribution in [0.5, 0.6) is 0 Å². The van der Waals surface area contributed by atoms with Crippen molar-refractivity contribution in [3.8, 4) is 0 Å². The summed E-state index contributed by atoms with van der Waals surface area (Å²) < 4.78 is 24.9. The van der Waals surface area contributed by atoms with Crippen molar-refractivity contribution < 1.29 is 13.2 Å². The molecule has 7 nitrogen and oxygen atoms in total. The van der Waals surface area contributed by atoms with E-state index >= 15 is 0 Å². The smallest absolute Gasteiger partial charge is 0.237 e. The number of hydrogen-bond acceptors (Lipinski definition) is 5. The first-order valence-electron chi connectivity index (χ1n) is 8.18. The summed E-state index contributed by atoms with van der Waals surface area (Å²) in [5.41, 5.74) is 0. The molecule has 1 N–H and O–H groups in total. The minimum atomic E-state index is -2.97. The summed E-state index contributed by atoms with van der Waals surface area (Å²) in [5.74, 6) is 0.180. The fourth-order valence-electron chi connectivity index (χ4n) is 3.57. The maximum absolute atomic E-state index is 12.5. The third-order valence-corrected chi connectivity index (χ3v) is 6.60. The largest absolute Gasteiger partial charge is 0.351 e. The minimum absolute atomic E-state index is 0.0699. The molecule has 3 atom stereocenters. The Hall–Kier alpha value is -1.41. The summed E-state index contributed by atoms with van der Waals surface area (Å²) in [5, 5.41) is 7.15. The second kappa shape index (κ2) is 6.60. The van der Waals surface area contributed by atoms with Crippen molar-refractivity contribution in [2.24, 2.45) is 0 Å². The monoisotopic (exact) mass is 340 g/mol. The summed E-state index contributed by atoms with van der Waals surface area (Å²) in [6.45, 7) is 3.58. The highest BCUT2D eigenvalue weighted by molar-refractivity contribution is 7.91. The van der Waals surface area contributed by atoms with Gasteiger partial charge in [0.15, 0.2) is 9.84 Å². The first kappa shape index (κ1) is 16.4. The van der Waals surface area contributed by atoms with E-state index in [0.29, 0.717) is 12.5 Å².